The third kappa shape index (κ3) is 5.51. The first-order valence-electron chi connectivity index (χ1n) is 6.14. The van der Waals surface area contributed by atoms with Crippen molar-refractivity contribution in [1.82, 2.24) is 5.32 Å². The molecule has 0 spiro atoms. The molecule has 0 aliphatic heterocycles. The number of ether oxygens (including phenoxy) is 2. The van der Waals surface area contributed by atoms with Gasteiger partial charge in [-0.05, 0) is 12.0 Å². The van der Waals surface area contributed by atoms with Crippen molar-refractivity contribution >= 4 is 18.3 Å². The van der Waals surface area contributed by atoms with Crippen LogP contribution in [0.1, 0.15) is 18.4 Å². The minimum atomic E-state index is -0.852. The van der Waals surface area contributed by atoms with Crippen LogP contribution in [0.3, 0.4) is 0 Å². The maximum atomic E-state index is 11.8. The summed E-state index contributed by atoms with van der Waals surface area (Å²) in [4.78, 5) is 33.3. The number of amides is 1. The molecule has 1 rings (SSSR count). The summed E-state index contributed by atoms with van der Waals surface area (Å²) in [5.74, 6) is -1.02. The number of carbonyl (C=O) groups excluding carboxylic acids is 3. The summed E-state index contributed by atoms with van der Waals surface area (Å²) in [6, 6.07) is 8.32. The Morgan fingerprint density at radius 1 is 1.30 bits per heavy atom. The molecule has 1 aromatic rings. The molecule has 1 atom stereocenters. The molecule has 6 heteroatoms. The third-order valence-electron chi connectivity index (χ3n) is 2.64. The molecule has 0 unspecified atom stereocenters. The summed E-state index contributed by atoms with van der Waals surface area (Å²) in [7, 11) is 1.26. The number of methoxy groups -OCH3 is 1. The van der Waals surface area contributed by atoms with Crippen molar-refractivity contribution in [3.8, 4) is 0 Å². The molecule has 1 aromatic carbocycles. The quantitative estimate of drug-likeness (QED) is 0.562. The maximum absolute atomic E-state index is 11.8. The van der Waals surface area contributed by atoms with Crippen LogP contribution in [0, 0.1) is 0 Å². The SMILES string of the molecule is COC(=O)CC[C@H](NC=O)C(=O)OCc1ccccc1. The first kappa shape index (κ1) is 15.7. The molecule has 1 amide bonds. The number of hydrogen-bond donors (Lipinski definition) is 1. The summed E-state index contributed by atoms with van der Waals surface area (Å²) < 4.78 is 9.58. The molecule has 0 radical (unpaired) electrons. The van der Waals surface area contributed by atoms with E-state index in [9.17, 15) is 14.4 Å². The highest BCUT2D eigenvalue weighted by Crippen LogP contribution is 2.05. The van der Waals surface area contributed by atoms with Gasteiger partial charge in [0.05, 0.1) is 7.11 Å². The van der Waals surface area contributed by atoms with Crippen molar-refractivity contribution in [1.29, 1.82) is 0 Å². The number of rotatable bonds is 8. The van der Waals surface area contributed by atoms with Gasteiger partial charge in [0.25, 0.3) is 0 Å². The van der Waals surface area contributed by atoms with Crippen molar-refractivity contribution in [2.45, 2.75) is 25.5 Å². The minimum absolute atomic E-state index is 0.0302. The highest BCUT2D eigenvalue weighted by molar-refractivity contribution is 5.79. The lowest BCUT2D eigenvalue weighted by Crippen LogP contribution is -2.37. The Kier molecular flexibility index (Phi) is 6.81. The van der Waals surface area contributed by atoms with Crippen LogP contribution < -0.4 is 5.32 Å². The molecule has 0 aliphatic carbocycles. The lowest BCUT2D eigenvalue weighted by molar-refractivity contribution is -0.149. The van der Waals surface area contributed by atoms with Crippen LogP contribution in [0.4, 0.5) is 0 Å². The van der Waals surface area contributed by atoms with Crippen molar-refractivity contribution in [3.63, 3.8) is 0 Å². The van der Waals surface area contributed by atoms with Crippen LogP contribution in [-0.2, 0) is 30.5 Å². The molecular formula is C14H17NO5. The summed E-state index contributed by atoms with van der Waals surface area (Å²) in [5.41, 5.74) is 0.846. The Morgan fingerprint density at radius 2 is 2.00 bits per heavy atom. The van der Waals surface area contributed by atoms with Gasteiger partial charge in [-0.15, -0.1) is 0 Å². The molecule has 108 valence electrons. The topological polar surface area (TPSA) is 81.7 Å². The van der Waals surface area contributed by atoms with Crippen LogP contribution in [-0.4, -0.2) is 31.5 Å². The Balaban J connectivity index is 2.46. The molecule has 0 aliphatic rings. The average molecular weight is 279 g/mol. The van der Waals surface area contributed by atoms with E-state index < -0.39 is 18.0 Å². The fraction of sp³-hybridized carbons (Fsp3) is 0.357. The van der Waals surface area contributed by atoms with Crippen LogP contribution in [0.2, 0.25) is 0 Å². The van der Waals surface area contributed by atoms with E-state index in [2.05, 4.69) is 10.1 Å². The van der Waals surface area contributed by atoms with Crippen molar-refractivity contribution in [3.05, 3.63) is 35.9 Å². The fourth-order valence-electron chi connectivity index (χ4n) is 1.54. The van der Waals surface area contributed by atoms with Gasteiger partial charge < -0.3 is 14.8 Å². The molecule has 0 heterocycles. The molecule has 0 saturated heterocycles. The number of esters is 2. The minimum Gasteiger partial charge on any atom is -0.469 e. The van der Waals surface area contributed by atoms with E-state index in [0.717, 1.165) is 5.56 Å². The molecular weight excluding hydrogens is 262 g/mol. The van der Waals surface area contributed by atoms with E-state index >= 15 is 0 Å². The summed E-state index contributed by atoms with van der Waals surface area (Å²) >= 11 is 0. The first-order chi connectivity index (χ1) is 9.67. The highest BCUT2D eigenvalue weighted by atomic mass is 16.5. The van der Waals surface area contributed by atoms with Crippen LogP contribution >= 0.6 is 0 Å². The van der Waals surface area contributed by atoms with Gasteiger partial charge in [0.1, 0.15) is 12.6 Å². The van der Waals surface area contributed by atoms with Gasteiger partial charge in [0, 0.05) is 6.42 Å². The Morgan fingerprint density at radius 3 is 2.60 bits per heavy atom. The predicted molar refractivity (Wildman–Crippen MR) is 70.5 cm³/mol. The van der Waals surface area contributed by atoms with E-state index in [-0.39, 0.29) is 19.4 Å². The first-order valence-corrected chi connectivity index (χ1v) is 6.14. The lowest BCUT2D eigenvalue weighted by Gasteiger charge is -2.14. The van der Waals surface area contributed by atoms with Gasteiger partial charge >= 0.3 is 11.9 Å². The van der Waals surface area contributed by atoms with Crippen LogP contribution in [0.5, 0.6) is 0 Å². The number of benzene rings is 1. The second kappa shape index (κ2) is 8.68. The van der Waals surface area contributed by atoms with E-state index in [0.29, 0.717) is 6.41 Å². The highest BCUT2D eigenvalue weighted by Gasteiger charge is 2.20. The average Bonchev–Trinajstić information content (AvgIpc) is 2.49. The van der Waals surface area contributed by atoms with Gasteiger partial charge in [-0.3, -0.25) is 9.59 Å². The van der Waals surface area contributed by atoms with Gasteiger partial charge in [-0.25, -0.2) is 4.79 Å². The standard InChI is InChI=1S/C14H17NO5/c1-19-13(17)8-7-12(15-10-16)14(18)20-9-11-5-3-2-4-6-11/h2-6,10,12H,7-9H2,1H3,(H,15,16)/t12-/m0/s1. The van der Waals surface area contributed by atoms with Crippen LogP contribution in [0.25, 0.3) is 0 Å². The van der Waals surface area contributed by atoms with Gasteiger partial charge in [-0.1, -0.05) is 30.3 Å². The number of carbonyl (C=O) groups is 3. The second-order valence-electron chi connectivity index (χ2n) is 4.05. The third-order valence-corrected chi connectivity index (χ3v) is 2.64. The summed E-state index contributed by atoms with van der Waals surface area (Å²) in [5, 5.41) is 2.34. The zero-order chi connectivity index (χ0) is 14.8. The largest absolute Gasteiger partial charge is 0.469 e. The maximum Gasteiger partial charge on any atom is 0.328 e. The zero-order valence-electron chi connectivity index (χ0n) is 11.2. The molecule has 0 fully saturated rings. The van der Waals surface area contributed by atoms with E-state index in [1.807, 2.05) is 30.3 Å². The van der Waals surface area contributed by atoms with Gasteiger partial charge in [-0.2, -0.15) is 0 Å². The molecule has 6 nitrogen and oxygen atoms in total. The van der Waals surface area contributed by atoms with Gasteiger partial charge in [0.15, 0.2) is 0 Å². The van der Waals surface area contributed by atoms with E-state index in [1.54, 1.807) is 0 Å². The van der Waals surface area contributed by atoms with Crippen molar-refractivity contribution in [2.75, 3.05) is 7.11 Å². The molecule has 1 N–H and O–H groups in total. The molecule has 0 saturated carbocycles. The van der Waals surface area contributed by atoms with E-state index in [1.165, 1.54) is 7.11 Å². The summed E-state index contributed by atoms with van der Waals surface area (Å²) in [6.45, 7) is 0.120. The monoisotopic (exact) mass is 279 g/mol. The zero-order valence-corrected chi connectivity index (χ0v) is 11.2. The Bertz CT molecular complexity index is 446. The number of hydrogen-bond acceptors (Lipinski definition) is 5. The Labute approximate surface area is 117 Å². The van der Waals surface area contributed by atoms with Crippen LogP contribution in [0.15, 0.2) is 30.3 Å². The second-order valence-corrected chi connectivity index (χ2v) is 4.05. The smallest absolute Gasteiger partial charge is 0.328 e. The number of nitrogens with one attached hydrogen (secondary N) is 1. The normalized spacial score (nSPS) is 11.2. The van der Waals surface area contributed by atoms with E-state index in [4.69, 9.17) is 4.74 Å². The lowest BCUT2D eigenvalue weighted by atomic mass is 10.1. The Hall–Kier alpha value is -2.37. The van der Waals surface area contributed by atoms with Crippen molar-refractivity contribution < 1.29 is 23.9 Å². The fourth-order valence-corrected chi connectivity index (χ4v) is 1.54. The predicted octanol–water partition coefficient (Wildman–Crippen LogP) is 0.798. The van der Waals surface area contributed by atoms with Crippen molar-refractivity contribution in [2.24, 2.45) is 0 Å². The molecule has 20 heavy (non-hydrogen) atoms. The van der Waals surface area contributed by atoms with Gasteiger partial charge in [0.2, 0.25) is 6.41 Å². The molecule has 0 bridgehead atoms. The summed E-state index contributed by atoms with van der Waals surface area (Å²) in [6.07, 6.45) is 0.577. The molecule has 0 aromatic heterocycles.